The van der Waals surface area contributed by atoms with Crippen LogP contribution in [-0.2, 0) is 4.79 Å². The number of hydrogen-bond donors (Lipinski definition) is 2. The van der Waals surface area contributed by atoms with Crippen LogP contribution < -0.4 is 5.32 Å². The van der Waals surface area contributed by atoms with Crippen LogP contribution in [0.25, 0.3) is 0 Å². The summed E-state index contributed by atoms with van der Waals surface area (Å²) in [5.74, 6) is -0.0660. The lowest BCUT2D eigenvalue weighted by molar-refractivity contribution is -0.131. The van der Waals surface area contributed by atoms with Gasteiger partial charge < -0.3 is 15.3 Å². The molecule has 0 spiro atoms. The molecule has 2 atom stereocenters. The SMILES string of the molecule is CCC(=O)N1CCC(N[C@@H](C)C[C@@H](O)c2ccc(F)cc2)CC1. The minimum absolute atomic E-state index is 0.161. The monoisotopic (exact) mass is 322 g/mol. The van der Waals surface area contributed by atoms with Gasteiger partial charge in [-0.15, -0.1) is 0 Å². The Morgan fingerprint density at radius 1 is 1.35 bits per heavy atom. The second kappa shape index (κ2) is 8.41. The van der Waals surface area contributed by atoms with Crippen molar-refractivity contribution < 1.29 is 14.3 Å². The average Bonchev–Trinajstić information content (AvgIpc) is 2.55. The Morgan fingerprint density at radius 2 is 1.96 bits per heavy atom. The summed E-state index contributed by atoms with van der Waals surface area (Å²) < 4.78 is 12.9. The molecule has 0 bridgehead atoms. The molecule has 1 aromatic rings. The molecule has 0 aromatic heterocycles. The molecule has 1 heterocycles. The molecular weight excluding hydrogens is 295 g/mol. The lowest BCUT2D eigenvalue weighted by atomic mass is 9.99. The van der Waals surface area contributed by atoms with E-state index >= 15 is 0 Å². The zero-order valence-corrected chi connectivity index (χ0v) is 14.0. The van der Waals surface area contributed by atoms with E-state index in [9.17, 15) is 14.3 Å². The van der Waals surface area contributed by atoms with Gasteiger partial charge in [-0.05, 0) is 43.9 Å². The topological polar surface area (TPSA) is 52.6 Å². The average molecular weight is 322 g/mol. The number of hydrogen-bond acceptors (Lipinski definition) is 3. The van der Waals surface area contributed by atoms with E-state index in [0.29, 0.717) is 18.9 Å². The summed E-state index contributed by atoms with van der Waals surface area (Å²) in [6.45, 7) is 5.55. The third-order valence-corrected chi connectivity index (χ3v) is 4.50. The van der Waals surface area contributed by atoms with E-state index in [1.807, 2.05) is 11.8 Å². The Kier molecular flexibility index (Phi) is 6.54. The van der Waals surface area contributed by atoms with E-state index in [0.717, 1.165) is 31.5 Å². The molecule has 1 fully saturated rings. The first-order valence-electron chi connectivity index (χ1n) is 8.47. The van der Waals surface area contributed by atoms with Gasteiger partial charge in [0.1, 0.15) is 5.82 Å². The highest BCUT2D eigenvalue weighted by atomic mass is 19.1. The molecule has 1 aliphatic rings. The highest BCUT2D eigenvalue weighted by Gasteiger charge is 2.23. The Morgan fingerprint density at radius 3 is 2.52 bits per heavy atom. The van der Waals surface area contributed by atoms with Gasteiger partial charge in [0.2, 0.25) is 5.91 Å². The standard InChI is InChI=1S/C18H27FN2O2/c1-3-18(23)21-10-8-16(9-11-21)20-13(2)12-17(22)14-4-6-15(19)7-5-14/h4-7,13,16-17,20,22H,3,8-12H2,1-2H3/t13-,17+/m0/s1. The molecule has 1 saturated heterocycles. The fourth-order valence-corrected chi connectivity index (χ4v) is 3.15. The number of carbonyl (C=O) groups excluding carboxylic acids is 1. The largest absolute Gasteiger partial charge is 0.388 e. The molecule has 0 radical (unpaired) electrons. The molecule has 0 saturated carbocycles. The van der Waals surface area contributed by atoms with Crippen molar-refractivity contribution in [1.29, 1.82) is 0 Å². The number of benzene rings is 1. The number of likely N-dealkylation sites (tertiary alicyclic amines) is 1. The van der Waals surface area contributed by atoms with Gasteiger partial charge >= 0.3 is 0 Å². The summed E-state index contributed by atoms with van der Waals surface area (Å²) in [5, 5.41) is 13.8. The van der Waals surface area contributed by atoms with Gasteiger partial charge in [-0.3, -0.25) is 4.79 Å². The molecule has 1 aliphatic heterocycles. The number of piperidine rings is 1. The van der Waals surface area contributed by atoms with Crippen LogP contribution in [0.4, 0.5) is 4.39 Å². The number of aliphatic hydroxyl groups is 1. The molecule has 0 aliphatic carbocycles. The summed E-state index contributed by atoms with van der Waals surface area (Å²) in [7, 11) is 0. The number of rotatable bonds is 6. The fraction of sp³-hybridized carbons (Fsp3) is 0.611. The number of nitrogens with one attached hydrogen (secondary N) is 1. The van der Waals surface area contributed by atoms with E-state index in [2.05, 4.69) is 12.2 Å². The van der Waals surface area contributed by atoms with Gasteiger partial charge in [0.05, 0.1) is 6.10 Å². The van der Waals surface area contributed by atoms with Crippen molar-refractivity contribution in [1.82, 2.24) is 10.2 Å². The quantitative estimate of drug-likeness (QED) is 0.846. The molecule has 4 nitrogen and oxygen atoms in total. The zero-order chi connectivity index (χ0) is 16.8. The van der Waals surface area contributed by atoms with Crippen molar-refractivity contribution in [3.63, 3.8) is 0 Å². The normalized spacial score (nSPS) is 18.7. The summed E-state index contributed by atoms with van der Waals surface area (Å²) >= 11 is 0. The molecule has 2 rings (SSSR count). The van der Waals surface area contributed by atoms with Crippen LogP contribution in [0.5, 0.6) is 0 Å². The number of nitrogens with zero attached hydrogens (tertiary/aromatic N) is 1. The maximum Gasteiger partial charge on any atom is 0.222 e. The first-order chi connectivity index (χ1) is 11.0. The molecule has 1 aromatic carbocycles. The van der Waals surface area contributed by atoms with E-state index in [1.165, 1.54) is 12.1 Å². The Labute approximate surface area is 137 Å². The third kappa shape index (κ3) is 5.29. The maximum absolute atomic E-state index is 12.9. The second-order valence-electron chi connectivity index (χ2n) is 6.38. The minimum Gasteiger partial charge on any atom is -0.388 e. The third-order valence-electron chi connectivity index (χ3n) is 4.50. The molecule has 0 unspecified atom stereocenters. The van der Waals surface area contributed by atoms with Crippen molar-refractivity contribution in [2.45, 2.75) is 57.7 Å². The van der Waals surface area contributed by atoms with Gasteiger partial charge in [-0.25, -0.2) is 4.39 Å². The zero-order valence-electron chi connectivity index (χ0n) is 14.0. The van der Waals surface area contributed by atoms with E-state index in [1.54, 1.807) is 12.1 Å². The summed E-state index contributed by atoms with van der Waals surface area (Å²) in [4.78, 5) is 13.6. The van der Waals surface area contributed by atoms with Crippen LogP contribution in [-0.4, -0.2) is 41.1 Å². The minimum atomic E-state index is -0.597. The number of amides is 1. The van der Waals surface area contributed by atoms with Crippen LogP contribution in [0.2, 0.25) is 0 Å². The van der Waals surface area contributed by atoms with E-state index in [4.69, 9.17) is 0 Å². The highest BCUT2D eigenvalue weighted by molar-refractivity contribution is 5.75. The fourth-order valence-electron chi connectivity index (χ4n) is 3.15. The molecule has 23 heavy (non-hydrogen) atoms. The van der Waals surface area contributed by atoms with Gasteiger partial charge in [-0.2, -0.15) is 0 Å². The summed E-state index contributed by atoms with van der Waals surface area (Å²) in [6.07, 6.45) is 2.45. The number of aliphatic hydroxyl groups excluding tert-OH is 1. The van der Waals surface area contributed by atoms with E-state index in [-0.39, 0.29) is 17.8 Å². The van der Waals surface area contributed by atoms with Gasteiger partial charge in [-0.1, -0.05) is 19.1 Å². The van der Waals surface area contributed by atoms with Gasteiger partial charge in [0.25, 0.3) is 0 Å². The van der Waals surface area contributed by atoms with Crippen molar-refractivity contribution in [2.75, 3.05) is 13.1 Å². The molecule has 2 N–H and O–H groups in total. The van der Waals surface area contributed by atoms with Gasteiger partial charge in [0, 0.05) is 31.6 Å². The molecule has 1 amide bonds. The predicted octanol–water partition coefficient (Wildman–Crippen LogP) is 2.63. The molecular formula is C18H27FN2O2. The smallest absolute Gasteiger partial charge is 0.222 e. The van der Waals surface area contributed by atoms with Crippen molar-refractivity contribution in [3.05, 3.63) is 35.6 Å². The van der Waals surface area contributed by atoms with Gasteiger partial charge in [0.15, 0.2) is 0 Å². The van der Waals surface area contributed by atoms with Crippen molar-refractivity contribution in [3.8, 4) is 0 Å². The van der Waals surface area contributed by atoms with Crippen LogP contribution >= 0.6 is 0 Å². The molecule has 128 valence electrons. The van der Waals surface area contributed by atoms with Crippen molar-refractivity contribution >= 4 is 5.91 Å². The Bertz CT molecular complexity index is 498. The maximum atomic E-state index is 12.9. The number of halogens is 1. The van der Waals surface area contributed by atoms with Crippen LogP contribution in [0, 0.1) is 5.82 Å². The summed E-state index contributed by atoms with van der Waals surface area (Å²) in [5.41, 5.74) is 0.739. The first-order valence-corrected chi connectivity index (χ1v) is 8.47. The Balaban J connectivity index is 1.76. The Hall–Kier alpha value is -1.46. The van der Waals surface area contributed by atoms with E-state index < -0.39 is 6.10 Å². The van der Waals surface area contributed by atoms with Crippen LogP contribution in [0.3, 0.4) is 0 Å². The van der Waals surface area contributed by atoms with Crippen LogP contribution in [0.1, 0.15) is 51.2 Å². The van der Waals surface area contributed by atoms with Crippen molar-refractivity contribution in [2.24, 2.45) is 0 Å². The highest BCUT2D eigenvalue weighted by Crippen LogP contribution is 2.20. The lowest BCUT2D eigenvalue weighted by Gasteiger charge is -2.34. The summed E-state index contributed by atoms with van der Waals surface area (Å²) in [6, 6.07) is 6.54. The predicted molar refractivity (Wildman–Crippen MR) is 88.5 cm³/mol. The number of carbonyl (C=O) groups is 1. The lowest BCUT2D eigenvalue weighted by Crippen LogP contribution is -2.47. The first kappa shape index (κ1) is 17.9. The van der Waals surface area contributed by atoms with Crippen LogP contribution in [0.15, 0.2) is 24.3 Å². The molecule has 5 heteroatoms. The second-order valence-corrected chi connectivity index (χ2v) is 6.38.